The summed E-state index contributed by atoms with van der Waals surface area (Å²) in [5, 5.41) is 0. The van der Waals surface area contributed by atoms with Crippen molar-refractivity contribution in [3.8, 4) is 0 Å². The molecule has 0 N–H and O–H groups in total. The normalized spacial score (nSPS) is 17.1. The molecule has 0 radical (unpaired) electrons. The van der Waals surface area contributed by atoms with Gasteiger partial charge in [0, 0.05) is 39.0 Å². The molecule has 7 heteroatoms. The minimum absolute atomic E-state index is 0.0546. The molecule has 21 heavy (non-hydrogen) atoms. The Morgan fingerprint density at radius 1 is 1.29 bits per heavy atom. The number of rotatable bonds is 6. The maximum atomic E-state index is 12.1. The second-order valence-electron chi connectivity index (χ2n) is 5.18. The highest BCUT2D eigenvalue weighted by atomic mass is 32.2. The van der Waals surface area contributed by atoms with Gasteiger partial charge in [0.1, 0.15) is 5.76 Å². The van der Waals surface area contributed by atoms with Crippen LogP contribution in [0.4, 0.5) is 0 Å². The molecule has 0 unspecified atom stereocenters. The average molecular weight is 314 g/mol. The van der Waals surface area contributed by atoms with Crippen molar-refractivity contribution in [1.82, 2.24) is 9.21 Å². The molecule has 1 saturated heterocycles. The summed E-state index contributed by atoms with van der Waals surface area (Å²) in [5.41, 5.74) is 0. The predicted octanol–water partition coefficient (Wildman–Crippen LogP) is 1.10. The van der Waals surface area contributed by atoms with Crippen LogP contribution in [0.1, 0.15) is 25.5 Å². The number of furan rings is 1. The Morgan fingerprint density at radius 3 is 2.57 bits per heavy atom. The van der Waals surface area contributed by atoms with E-state index in [-0.39, 0.29) is 11.7 Å². The predicted molar refractivity (Wildman–Crippen MR) is 79.3 cm³/mol. The lowest BCUT2D eigenvalue weighted by Crippen LogP contribution is -2.51. The molecule has 1 amide bonds. The smallest absolute Gasteiger partial charge is 0.223 e. The highest BCUT2D eigenvalue weighted by molar-refractivity contribution is 7.89. The van der Waals surface area contributed by atoms with Crippen LogP contribution in [0.15, 0.2) is 22.8 Å². The van der Waals surface area contributed by atoms with Gasteiger partial charge in [0.25, 0.3) is 0 Å². The fraction of sp³-hybridized carbons (Fsp3) is 0.643. The van der Waals surface area contributed by atoms with Crippen LogP contribution in [-0.4, -0.2) is 55.5 Å². The Balaban J connectivity index is 1.79. The molecule has 1 aromatic heterocycles. The first-order chi connectivity index (χ1) is 10.0. The van der Waals surface area contributed by atoms with Gasteiger partial charge in [0.2, 0.25) is 15.9 Å². The van der Waals surface area contributed by atoms with E-state index in [1.54, 1.807) is 17.2 Å². The third-order valence-electron chi connectivity index (χ3n) is 3.61. The van der Waals surface area contributed by atoms with E-state index in [0.717, 1.165) is 5.76 Å². The number of amides is 1. The summed E-state index contributed by atoms with van der Waals surface area (Å²) in [7, 11) is -3.15. The summed E-state index contributed by atoms with van der Waals surface area (Å²) in [6, 6.07) is 3.65. The second-order valence-corrected chi connectivity index (χ2v) is 7.26. The number of aryl methyl sites for hydroxylation is 1. The quantitative estimate of drug-likeness (QED) is 0.788. The number of hydrogen-bond donors (Lipinski definition) is 0. The van der Waals surface area contributed by atoms with Gasteiger partial charge in [-0.05, 0) is 18.6 Å². The standard InChI is InChI=1S/C14H22N2O4S/c1-2-12-21(18,19)16-9-7-15(8-10-16)14(17)6-5-13-4-3-11-20-13/h3-4,11H,2,5-10,12H2,1H3. The fourth-order valence-electron chi connectivity index (χ4n) is 2.45. The van der Waals surface area contributed by atoms with E-state index < -0.39 is 10.0 Å². The van der Waals surface area contributed by atoms with Gasteiger partial charge >= 0.3 is 0 Å². The zero-order valence-electron chi connectivity index (χ0n) is 12.3. The molecule has 0 saturated carbocycles. The molecule has 1 aromatic rings. The minimum atomic E-state index is -3.15. The van der Waals surface area contributed by atoms with Gasteiger partial charge in [0.05, 0.1) is 12.0 Å². The number of hydrogen-bond acceptors (Lipinski definition) is 4. The van der Waals surface area contributed by atoms with Crippen molar-refractivity contribution in [2.75, 3.05) is 31.9 Å². The maximum Gasteiger partial charge on any atom is 0.223 e. The van der Waals surface area contributed by atoms with Crippen LogP contribution in [0.5, 0.6) is 0 Å². The Hall–Kier alpha value is -1.34. The molecule has 1 aliphatic heterocycles. The molecule has 6 nitrogen and oxygen atoms in total. The number of sulfonamides is 1. The third-order valence-corrected chi connectivity index (χ3v) is 5.69. The Morgan fingerprint density at radius 2 is 2.00 bits per heavy atom. The molecule has 0 aromatic carbocycles. The molecule has 1 aliphatic rings. The molecule has 0 bridgehead atoms. The van der Waals surface area contributed by atoms with Gasteiger partial charge in [0.15, 0.2) is 0 Å². The zero-order valence-corrected chi connectivity index (χ0v) is 13.1. The largest absolute Gasteiger partial charge is 0.469 e. The van der Waals surface area contributed by atoms with Crippen LogP contribution >= 0.6 is 0 Å². The number of piperazine rings is 1. The van der Waals surface area contributed by atoms with Crippen LogP contribution in [0.2, 0.25) is 0 Å². The van der Waals surface area contributed by atoms with E-state index in [1.165, 1.54) is 4.31 Å². The van der Waals surface area contributed by atoms with Crippen molar-refractivity contribution in [3.63, 3.8) is 0 Å². The first-order valence-electron chi connectivity index (χ1n) is 7.31. The maximum absolute atomic E-state index is 12.1. The van der Waals surface area contributed by atoms with E-state index in [0.29, 0.717) is 45.4 Å². The number of nitrogens with zero attached hydrogens (tertiary/aromatic N) is 2. The van der Waals surface area contributed by atoms with Crippen molar-refractivity contribution in [2.45, 2.75) is 26.2 Å². The molecule has 0 aliphatic carbocycles. The van der Waals surface area contributed by atoms with E-state index in [1.807, 2.05) is 13.0 Å². The van der Waals surface area contributed by atoms with Crippen LogP contribution in [0, 0.1) is 0 Å². The molecule has 2 rings (SSSR count). The first-order valence-corrected chi connectivity index (χ1v) is 8.92. The molecule has 2 heterocycles. The third kappa shape index (κ3) is 4.31. The monoisotopic (exact) mass is 314 g/mol. The lowest BCUT2D eigenvalue weighted by Gasteiger charge is -2.34. The average Bonchev–Trinajstić information content (AvgIpc) is 2.98. The summed E-state index contributed by atoms with van der Waals surface area (Å²) < 4.78 is 30.6. The van der Waals surface area contributed by atoms with E-state index in [2.05, 4.69) is 0 Å². The van der Waals surface area contributed by atoms with E-state index in [4.69, 9.17) is 4.42 Å². The molecular weight excluding hydrogens is 292 g/mol. The van der Waals surface area contributed by atoms with Crippen molar-refractivity contribution in [3.05, 3.63) is 24.2 Å². The Kier molecular flexibility index (Phi) is 5.41. The topological polar surface area (TPSA) is 70.8 Å². The Bertz CT molecular complexity index is 546. The summed E-state index contributed by atoms with van der Waals surface area (Å²) in [5.74, 6) is 1.03. The van der Waals surface area contributed by atoms with Crippen molar-refractivity contribution >= 4 is 15.9 Å². The number of carbonyl (C=O) groups excluding carboxylic acids is 1. The summed E-state index contributed by atoms with van der Waals surface area (Å²) >= 11 is 0. The van der Waals surface area contributed by atoms with Crippen molar-refractivity contribution < 1.29 is 17.6 Å². The number of carbonyl (C=O) groups is 1. The lowest BCUT2D eigenvalue weighted by atomic mass is 10.2. The van der Waals surface area contributed by atoms with Gasteiger partial charge in [-0.1, -0.05) is 6.92 Å². The molecular formula is C14H22N2O4S. The lowest BCUT2D eigenvalue weighted by molar-refractivity contribution is -0.132. The summed E-state index contributed by atoms with van der Waals surface area (Å²) in [4.78, 5) is 13.8. The molecule has 0 atom stereocenters. The van der Waals surface area contributed by atoms with Crippen LogP contribution in [0.3, 0.4) is 0 Å². The zero-order chi connectivity index (χ0) is 15.3. The van der Waals surface area contributed by atoms with Gasteiger partial charge < -0.3 is 9.32 Å². The van der Waals surface area contributed by atoms with Gasteiger partial charge in [-0.15, -0.1) is 0 Å². The SMILES string of the molecule is CCCS(=O)(=O)N1CCN(C(=O)CCc2ccco2)CC1. The van der Waals surface area contributed by atoms with Gasteiger partial charge in [-0.25, -0.2) is 8.42 Å². The summed E-state index contributed by atoms with van der Waals surface area (Å²) in [6.45, 7) is 3.59. The van der Waals surface area contributed by atoms with Crippen molar-refractivity contribution in [2.24, 2.45) is 0 Å². The highest BCUT2D eigenvalue weighted by Gasteiger charge is 2.27. The molecule has 118 valence electrons. The van der Waals surface area contributed by atoms with Crippen LogP contribution < -0.4 is 0 Å². The van der Waals surface area contributed by atoms with Gasteiger partial charge in [-0.3, -0.25) is 4.79 Å². The fourth-order valence-corrected chi connectivity index (χ4v) is 3.94. The first kappa shape index (κ1) is 16.0. The van der Waals surface area contributed by atoms with Crippen molar-refractivity contribution in [1.29, 1.82) is 0 Å². The van der Waals surface area contributed by atoms with Crippen LogP contribution in [-0.2, 0) is 21.2 Å². The summed E-state index contributed by atoms with van der Waals surface area (Å²) in [6.07, 6.45) is 3.19. The van der Waals surface area contributed by atoms with Crippen LogP contribution in [0.25, 0.3) is 0 Å². The van der Waals surface area contributed by atoms with Gasteiger partial charge in [-0.2, -0.15) is 4.31 Å². The highest BCUT2D eigenvalue weighted by Crippen LogP contribution is 2.11. The van der Waals surface area contributed by atoms with E-state index in [9.17, 15) is 13.2 Å². The van der Waals surface area contributed by atoms with E-state index >= 15 is 0 Å². The second kappa shape index (κ2) is 7.09. The Labute approximate surface area is 125 Å². The molecule has 0 spiro atoms. The molecule has 1 fully saturated rings. The minimum Gasteiger partial charge on any atom is -0.469 e.